The third-order valence-corrected chi connectivity index (χ3v) is 10.6. The van der Waals surface area contributed by atoms with Gasteiger partial charge in [0.25, 0.3) is 0 Å². The minimum Gasteiger partial charge on any atom is -0.309 e. The fraction of sp³-hybridized carbons (Fsp3) is 0. The van der Waals surface area contributed by atoms with Gasteiger partial charge in [-0.3, -0.25) is 0 Å². The average molecular weight is 689 g/mol. The first-order valence-corrected chi connectivity index (χ1v) is 18.5. The molecule has 1 heterocycles. The van der Waals surface area contributed by atoms with Gasteiger partial charge >= 0.3 is 0 Å². The molecule has 0 unspecified atom stereocenters. The zero-order valence-corrected chi connectivity index (χ0v) is 29.7. The predicted molar refractivity (Wildman–Crippen MR) is 229 cm³/mol. The lowest BCUT2D eigenvalue weighted by molar-refractivity contribution is 1.18. The number of fused-ring (bicyclic) bond motifs is 4. The molecule has 2 heteroatoms. The predicted octanol–water partition coefficient (Wildman–Crippen LogP) is 14.4. The van der Waals surface area contributed by atoms with Gasteiger partial charge in [-0.1, -0.05) is 170 Å². The van der Waals surface area contributed by atoms with Crippen LogP contribution in [0.15, 0.2) is 218 Å². The van der Waals surface area contributed by atoms with Crippen LogP contribution in [0.5, 0.6) is 0 Å². The summed E-state index contributed by atoms with van der Waals surface area (Å²) in [7, 11) is 0. The number of benzene rings is 9. The van der Waals surface area contributed by atoms with Gasteiger partial charge in [0.1, 0.15) is 0 Å². The Morgan fingerprint density at radius 3 is 1.76 bits per heavy atom. The molecule has 0 spiro atoms. The zero-order valence-electron chi connectivity index (χ0n) is 29.7. The SMILES string of the molecule is c1ccc(-c2ccc(-c3ccc4ccccc4c3)c(-n3c4ccccc4c4c(N(c5ccccc5)c5ccccc5-c5ccccc5)cccc43)c2)cc1. The first-order chi connectivity index (χ1) is 26.8. The fourth-order valence-electron chi connectivity index (χ4n) is 8.09. The van der Waals surface area contributed by atoms with Gasteiger partial charge in [-0.15, -0.1) is 0 Å². The number of para-hydroxylation sites is 3. The molecule has 0 saturated heterocycles. The lowest BCUT2D eigenvalue weighted by Gasteiger charge is -2.28. The van der Waals surface area contributed by atoms with Gasteiger partial charge in [0, 0.05) is 27.6 Å². The molecule has 0 aliphatic carbocycles. The van der Waals surface area contributed by atoms with Crippen LogP contribution in [0, 0.1) is 0 Å². The van der Waals surface area contributed by atoms with Gasteiger partial charge in [-0.2, -0.15) is 0 Å². The molecule has 0 saturated carbocycles. The number of hydrogen-bond donors (Lipinski definition) is 0. The van der Waals surface area contributed by atoms with Crippen LogP contribution in [0.2, 0.25) is 0 Å². The summed E-state index contributed by atoms with van der Waals surface area (Å²) in [6.45, 7) is 0. The van der Waals surface area contributed by atoms with E-state index in [2.05, 4.69) is 228 Å². The van der Waals surface area contributed by atoms with E-state index >= 15 is 0 Å². The van der Waals surface area contributed by atoms with Crippen LogP contribution in [0.4, 0.5) is 17.1 Å². The Balaban J connectivity index is 1.28. The molecule has 2 nitrogen and oxygen atoms in total. The molecule has 54 heavy (non-hydrogen) atoms. The van der Waals surface area contributed by atoms with Gasteiger partial charge in [0.15, 0.2) is 0 Å². The van der Waals surface area contributed by atoms with E-state index in [-0.39, 0.29) is 0 Å². The lowest BCUT2D eigenvalue weighted by atomic mass is 9.96. The monoisotopic (exact) mass is 688 g/mol. The molecule has 9 aromatic carbocycles. The Hall–Kier alpha value is -7.16. The number of rotatable bonds is 7. The normalized spacial score (nSPS) is 11.3. The number of hydrogen-bond acceptors (Lipinski definition) is 1. The van der Waals surface area contributed by atoms with Gasteiger partial charge in [-0.25, -0.2) is 0 Å². The van der Waals surface area contributed by atoms with E-state index in [1.807, 2.05) is 0 Å². The molecule has 0 fully saturated rings. The summed E-state index contributed by atoms with van der Waals surface area (Å²) < 4.78 is 2.48. The summed E-state index contributed by atoms with van der Waals surface area (Å²) in [4.78, 5) is 2.44. The van der Waals surface area contributed by atoms with Crippen molar-refractivity contribution in [2.24, 2.45) is 0 Å². The Morgan fingerprint density at radius 1 is 0.333 bits per heavy atom. The van der Waals surface area contributed by atoms with E-state index in [9.17, 15) is 0 Å². The van der Waals surface area contributed by atoms with Crippen molar-refractivity contribution in [1.82, 2.24) is 4.57 Å². The third kappa shape index (κ3) is 5.44. The van der Waals surface area contributed by atoms with E-state index in [1.54, 1.807) is 0 Å². The molecule has 0 aliphatic heterocycles. The highest BCUT2D eigenvalue weighted by Crippen LogP contribution is 2.47. The second-order valence-electron chi connectivity index (χ2n) is 13.7. The van der Waals surface area contributed by atoms with Crippen LogP contribution in [0.3, 0.4) is 0 Å². The highest BCUT2D eigenvalue weighted by molar-refractivity contribution is 6.17. The van der Waals surface area contributed by atoms with Crippen LogP contribution in [0.1, 0.15) is 0 Å². The van der Waals surface area contributed by atoms with Crippen LogP contribution < -0.4 is 4.90 Å². The van der Waals surface area contributed by atoms with Crippen molar-refractivity contribution in [3.63, 3.8) is 0 Å². The van der Waals surface area contributed by atoms with Crippen molar-refractivity contribution in [2.75, 3.05) is 4.90 Å². The smallest absolute Gasteiger partial charge is 0.0562 e. The molecular formula is C52H36N2. The molecule has 0 amide bonds. The number of aromatic nitrogens is 1. The van der Waals surface area contributed by atoms with Gasteiger partial charge in [0.2, 0.25) is 0 Å². The van der Waals surface area contributed by atoms with Gasteiger partial charge in [0.05, 0.1) is 28.1 Å². The Morgan fingerprint density at radius 2 is 0.944 bits per heavy atom. The van der Waals surface area contributed by atoms with Crippen molar-refractivity contribution in [3.8, 4) is 39.1 Å². The summed E-state index contributed by atoms with van der Waals surface area (Å²) in [5, 5.41) is 4.88. The minimum absolute atomic E-state index is 1.10. The van der Waals surface area contributed by atoms with Crippen LogP contribution >= 0.6 is 0 Å². The van der Waals surface area contributed by atoms with Crippen LogP contribution in [-0.2, 0) is 0 Å². The Labute approximate surface area is 315 Å². The summed E-state index contributed by atoms with van der Waals surface area (Å²) >= 11 is 0. The zero-order chi connectivity index (χ0) is 35.8. The quantitative estimate of drug-likeness (QED) is 0.162. The highest BCUT2D eigenvalue weighted by atomic mass is 15.2. The van der Waals surface area contributed by atoms with E-state index in [0.29, 0.717) is 0 Å². The van der Waals surface area contributed by atoms with E-state index in [1.165, 1.54) is 54.9 Å². The highest BCUT2D eigenvalue weighted by Gasteiger charge is 2.24. The van der Waals surface area contributed by atoms with E-state index in [4.69, 9.17) is 0 Å². The molecule has 10 rings (SSSR count). The summed E-state index contributed by atoms with van der Waals surface area (Å²) in [5.74, 6) is 0. The minimum atomic E-state index is 1.10. The molecule has 0 aliphatic rings. The fourth-order valence-corrected chi connectivity index (χ4v) is 8.09. The van der Waals surface area contributed by atoms with Crippen molar-refractivity contribution in [3.05, 3.63) is 218 Å². The van der Waals surface area contributed by atoms with Crippen molar-refractivity contribution < 1.29 is 0 Å². The number of anilines is 3. The number of nitrogens with zero attached hydrogens (tertiary/aromatic N) is 2. The maximum atomic E-state index is 2.48. The van der Waals surface area contributed by atoms with Gasteiger partial charge in [-0.05, 0) is 81.6 Å². The van der Waals surface area contributed by atoms with Crippen molar-refractivity contribution in [1.29, 1.82) is 0 Å². The molecule has 254 valence electrons. The molecular weight excluding hydrogens is 653 g/mol. The van der Waals surface area contributed by atoms with E-state index < -0.39 is 0 Å². The molecule has 0 N–H and O–H groups in total. The maximum absolute atomic E-state index is 2.48. The second-order valence-corrected chi connectivity index (χ2v) is 13.7. The first-order valence-electron chi connectivity index (χ1n) is 18.5. The maximum Gasteiger partial charge on any atom is 0.0562 e. The summed E-state index contributed by atoms with van der Waals surface area (Å²) in [5.41, 5.74) is 13.9. The Bertz CT molecular complexity index is 2930. The average Bonchev–Trinajstić information content (AvgIpc) is 3.59. The largest absolute Gasteiger partial charge is 0.309 e. The second kappa shape index (κ2) is 13.4. The molecule has 0 atom stereocenters. The third-order valence-electron chi connectivity index (χ3n) is 10.6. The summed E-state index contributed by atoms with van der Waals surface area (Å²) in [6.07, 6.45) is 0. The van der Waals surface area contributed by atoms with Crippen molar-refractivity contribution in [2.45, 2.75) is 0 Å². The molecule has 0 bridgehead atoms. The lowest BCUT2D eigenvalue weighted by Crippen LogP contribution is -2.11. The molecule has 0 radical (unpaired) electrons. The van der Waals surface area contributed by atoms with Gasteiger partial charge < -0.3 is 9.47 Å². The molecule has 10 aromatic rings. The van der Waals surface area contributed by atoms with Crippen LogP contribution in [0.25, 0.3) is 71.6 Å². The topological polar surface area (TPSA) is 8.17 Å². The summed E-state index contributed by atoms with van der Waals surface area (Å²) in [6, 6.07) is 78.9. The van der Waals surface area contributed by atoms with E-state index in [0.717, 1.165) is 33.8 Å². The van der Waals surface area contributed by atoms with Crippen molar-refractivity contribution >= 4 is 49.6 Å². The Kier molecular flexibility index (Phi) is 7.85. The van der Waals surface area contributed by atoms with Crippen LogP contribution in [-0.4, -0.2) is 4.57 Å². The standard InChI is InChI=1S/C52H36N2/c1-4-17-37(18-5-1)41-33-34-45(42-32-31-38-19-10-11-22-40(38)35-42)51(36-41)54-48-28-15-13-26-46(48)52-49(29-16-30-50(52)54)53(43-23-8-3-9-24-43)47-27-14-12-25-44(47)39-20-6-2-7-21-39/h1-36H. The first kappa shape index (κ1) is 31.6. The molecule has 1 aromatic heterocycles.